The zero-order valence-electron chi connectivity index (χ0n) is 12.5. The molecule has 1 saturated heterocycles. The third kappa shape index (κ3) is 3.44. The molecule has 2 aromatic carbocycles. The molecule has 1 atom stereocenters. The van der Waals surface area contributed by atoms with E-state index in [-0.39, 0.29) is 17.7 Å². The van der Waals surface area contributed by atoms with Gasteiger partial charge in [0.25, 0.3) is 0 Å². The lowest BCUT2D eigenvalue weighted by Gasteiger charge is -2.17. The van der Waals surface area contributed by atoms with E-state index in [0.717, 1.165) is 12.8 Å². The number of nitrogens with zero attached hydrogens (tertiary/aromatic N) is 1. The van der Waals surface area contributed by atoms with Crippen molar-refractivity contribution in [3.05, 3.63) is 65.7 Å². The lowest BCUT2D eigenvalue weighted by atomic mass is 10.0. The molecule has 0 spiro atoms. The van der Waals surface area contributed by atoms with E-state index in [0.29, 0.717) is 23.4 Å². The first-order valence-corrected chi connectivity index (χ1v) is 7.92. The van der Waals surface area contributed by atoms with Crippen LogP contribution in [0, 0.1) is 0 Å². The zero-order valence-corrected chi connectivity index (χ0v) is 13.3. The number of amides is 1. The van der Waals surface area contributed by atoms with E-state index >= 15 is 0 Å². The summed E-state index contributed by atoms with van der Waals surface area (Å²) in [5, 5.41) is 2.85. The average Bonchev–Trinajstić information content (AvgIpc) is 3.02. The first kappa shape index (κ1) is 15.7. The van der Waals surface area contributed by atoms with E-state index in [9.17, 15) is 9.59 Å². The lowest BCUT2D eigenvalue weighted by molar-refractivity contribution is -0.119. The van der Waals surface area contributed by atoms with Gasteiger partial charge >= 0.3 is 0 Å². The molecule has 0 aliphatic carbocycles. The predicted octanol–water partition coefficient (Wildman–Crippen LogP) is 3.47. The fourth-order valence-corrected chi connectivity index (χ4v) is 3.05. The Kier molecular flexibility index (Phi) is 4.74. The van der Waals surface area contributed by atoms with Crippen LogP contribution in [0.2, 0.25) is 0 Å². The topological polar surface area (TPSA) is 49.4 Å². The summed E-state index contributed by atoms with van der Waals surface area (Å²) in [4.78, 5) is 25.0. The van der Waals surface area contributed by atoms with Gasteiger partial charge < -0.3 is 5.32 Å². The number of ketones is 1. The summed E-state index contributed by atoms with van der Waals surface area (Å²) in [6, 6.07) is 15.7. The quantitative estimate of drug-likeness (QED) is 0.690. The number of hydrogen-bond acceptors (Lipinski definition) is 3. The van der Waals surface area contributed by atoms with Crippen LogP contribution in [0.4, 0.5) is 5.69 Å². The van der Waals surface area contributed by atoms with Crippen molar-refractivity contribution in [3.63, 3.8) is 0 Å². The smallest absolute Gasteiger partial charge is 0.243 e. The van der Waals surface area contributed by atoms with E-state index < -0.39 is 0 Å². The van der Waals surface area contributed by atoms with Crippen molar-refractivity contribution in [3.8, 4) is 0 Å². The van der Waals surface area contributed by atoms with Crippen LogP contribution in [0.3, 0.4) is 0 Å². The largest absolute Gasteiger partial charge is 0.324 e. The van der Waals surface area contributed by atoms with Crippen molar-refractivity contribution >= 4 is 29.2 Å². The third-order valence-corrected chi connectivity index (χ3v) is 4.36. The van der Waals surface area contributed by atoms with Crippen LogP contribution in [0.15, 0.2) is 54.6 Å². The number of benzene rings is 2. The summed E-state index contributed by atoms with van der Waals surface area (Å²) in [5.74, 6) is -0.290. The molecule has 1 N–H and O–H groups in total. The maximum Gasteiger partial charge on any atom is 0.243 e. The van der Waals surface area contributed by atoms with Crippen molar-refractivity contribution in [2.24, 2.45) is 0 Å². The highest BCUT2D eigenvalue weighted by Crippen LogP contribution is 2.23. The first-order valence-electron chi connectivity index (χ1n) is 7.59. The Morgan fingerprint density at radius 2 is 1.74 bits per heavy atom. The highest BCUT2D eigenvalue weighted by Gasteiger charge is 2.30. The van der Waals surface area contributed by atoms with Crippen molar-refractivity contribution < 1.29 is 9.59 Å². The molecular formula is C18H17ClN2O2. The minimum absolute atomic E-state index is 0.115. The van der Waals surface area contributed by atoms with Crippen molar-refractivity contribution in [2.45, 2.75) is 18.9 Å². The fourth-order valence-electron chi connectivity index (χ4n) is 2.74. The first-order chi connectivity index (χ1) is 11.2. The van der Waals surface area contributed by atoms with Crippen molar-refractivity contribution in [1.82, 2.24) is 4.42 Å². The maximum atomic E-state index is 12.6. The normalized spacial score (nSPS) is 17.9. The van der Waals surface area contributed by atoms with Crippen LogP contribution < -0.4 is 5.32 Å². The molecule has 0 aromatic heterocycles. The predicted molar refractivity (Wildman–Crippen MR) is 90.5 cm³/mol. The molecule has 0 saturated carbocycles. The molecule has 0 radical (unpaired) electrons. The van der Waals surface area contributed by atoms with E-state index in [1.807, 2.05) is 18.2 Å². The summed E-state index contributed by atoms with van der Waals surface area (Å²) < 4.78 is 1.52. The highest BCUT2D eigenvalue weighted by atomic mass is 35.5. The van der Waals surface area contributed by atoms with Gasteiger partial charge in [0.05, 0.1) is 5.69 Å². The van der Waals surface area contributed by atoms with Gasteiger partial charge in [-0.25, -0.2) is 4.42 Å². The van der Waals surface area contributed by atoms with Gasteiger partial charge in [0.1, 0.15) is 6.04 Å². The summed E-state index contributed by atoms with van der Waals surface area (Å²) >= 11 is 6.04. The molecule has 118 valence electrons. The number of carbonyl (C=O) groups is 2. The number of halogens is 1. The second-order valence-electron chi connectivity index (χ2n) is 5.51. The van der Waals surface area contributed by atoms with Gasteiger partial charge in [-0.2, -0.15) is 0 Å². The average molecular weight is 329 g/mol. The van der Waals surface area contributed by atoms with Crippen LogP contribution in [0.5, 0.6) is 0 Å². The Bertz CT molecular complexity index is 718. The van der Waals surface area contributed by atoms with Gasteiger partial charge in [-0.3, -0.25) is 9.59 Å². The molecule has 1 fully saturated rings. The van der Waals surface area contributed by atoms with Crippen LogP contribution in [-0.2, 0) is 4.79 Å². The zero-order chi connectivity index (χ0) is 16.2. The second-order valence-corrected chi connectivity index (χ2v) is 5.95. The number of anilines is 1. The number of nitrogens with one attached hydrogen (secondary N) is 1. The number of para-hydroxylation sites is 1. The monoisotopic (exact) mass is 328 g/mol. The second kappa shape index (κ2) is 6.94. The van der Waals surface area contributed by atoms with Gasteiger partial charge in [0, 0.05) is 17.7 Å². The van der Waals surface area contributed by atoms with Gasteiger partial charge in [0.2, 0.25) is 5.91 Å². The molecule has 5 heteroatoms. The number of carbonyl (C=O) groups excluding carboxylic acids is 2. The van der Waals surface area contributed by atoms with Crippen molar-refractivity contribution in [2.75, 3.05) is 11.9 Å². The summed E-state index contributed by atoms with van der Waals surface area (Å²) in [6.07, 6.45) is 1.62. The van der Waals surface area contributed by atoms with Gasteiger partial charge in [-0.05, 0) is 36.8 Å². The van der Waals surface area contributed by atoms with Crippen molar-refractivity contribution in [1.29, 1.82) is 0 Å². The molecule has 4 nitrogen and oxygen atoms in total. The molecule has 2 aromatic rings. The molecule has 1 aliphatic heterocycles. The lowest BCUT2D eigenvalue weighted by Crippen LogP contribution is -2.34. The number of hydrogen-bond donors (Lipinski definition) is 1. The maximum absolute atomic E-state index is 12.6. The molecule has 23 heavy (non-hydrogen) atoms. The summed E-state index contributed by atoms with van der Waals surface area (Å²) in [6.45, 7) is 0.699. The Morgan fingerprint density at radius 3 is 2.43 bits per heavy atom. The molecule has 1 aliphatic rings. The van der Waals surface area contributed by atoms with Crippen LogP contribution in [0.25, 0.3) is 0 Å². The van der Waals surface area contributed by atoms with Gasteiger partial charge in [0.15, 0.2) is 5.78 Å². The van der Waals surface area contributed by atoms with E-state index in [1.54, 1.807) is 36.4 Å². The van der Waals surface area contributed by atoms with E-state index in [4.69, 9.17) is 11.8 Å². The minimum atomic E-state index is -0.350. The summed E-state index contributed by atoms with van der Waals surface area (Å²) in [7, 11) is 0. The van der Waals surface area contributed by atoms with Crippen LogP contribution in [-0.4, -0.2) is 28.7 Å². The Labute approximate surface area is 140 Å². The SMILES string of the molecule is O=C(c1ccccc1)c1ccccc1NC(=O)[C@H]1CCCN1Cl. The third-order valence-electron chi connectivity index (χ3n) is 3.96. The fraction of sp³-hybridized carbons (Fsp3) is 0.222. The van der Waals surface area contributed by atoms with E-state index in [2.05, 4.69) is 5.32 Å². The Balaban J connectivity index is 1.84. The highest BCUT2D eigenvalue weighted by molar-refractivity contribution is 6.17. The van der Waals surface area contributed by atoms with Gasteiger partial charge in [-0.1, -0.05) is 42.5 Å². The van der Waals surface area contributed by atoms with Crippen LogP contribution in [0.1, 0.15) is 28.8 Å². The number of rotatable bonds is 4. The Hall–Kier alpha value is -2.17. The molecular weight excluding hydrogens is 312 g/mol. The molecule has 1 heterocycles. The molecule has 0 bridgehead atoms. The molecule has 3 rings (SSSR count). The van der Waals surface area contributed by atoms with Crippen LogP contribution >= 0.6 is 11.8 Å². The van der Waals surface area contributed by atoms with Gasteiger partial charge in [-0.15, -0.1) is 0 Å². The minimum Gasteiger partial charge on any atom is -0.324 e. The van der Waals surface area contributed by atoms with E-state index in [1.165, 1.54) is 4.42 Å². The molecule has 1 amide bonds. The summed E-state index contributed by atoms with van der Waals surface area (Å²) in [5.41, 5.74) is 1.59. The Morgan fingerprint density at radius 1 is 1.04 bits per heavy atom. The molecule has 0 unspecified atom stereocenters. The standard InChI is InChI=1S/C18H17ClN2O2/c19-21-12-6-11-16(21)18(23)20-15-10-5-4-9-14(15)17(22)13-7-2-1-3-8-13/h1-5,7-10,16H,6,11-12H2,(H,20,23)/t16-/m1/s1.